The monoisotopic (exact) mass is 344 g/mol. The van der Waals surface area contributed by atoms with Gasteiger partial charge in [0.2, 0.25) is 5.91 Å². The molecule has 2 rings (SSSR count). The molecule has 0 saturated heterocycles. The van der Waals surface area contributed by atoms with Crippen LogP contribution in [0.2, 0.25) is 0 Å². The van der Waals surface area contributed by atoms with Gasteiger partial charge >= 0.3 is 0 Å². The van der Waals surface area contributed by atoms with E-state index in [1.165, 1.54) is 6.08 Å². The van der Waals surface area contributed by atoms with E-state index in [2.05, 4.69) is 20.8 Å². The Kier molecular flexibility index (Phi) is 6.50. The van der Waals surface area contributed by atoms with Crippen LogP contribution < -0.4 is 10.6 Å². The number of aromatic nitrogens is 4. The predicted molar refractivity (Wildman–Crippen MR) is 96.1 cm³/mol. The number of amides is 2. The zero-order valence-electron chi connectivity index (χ0n) is 14.8. The third-order valence-electron chi connectivity index (χ3n) is 3.50. The fourth-order valence-corrected chi connectivity index (χ4v) is 2.15. The van der Waals surface area contributed by atoms with Gasteiger partial charge in [-0.3, -0.25) is 19.0 Å². The summed E-state index contributed by atoms with van der Waals surface area (Å²) in [6, 6.07) is 0. The molecule has 0 unspecified atom stereocenters. The number of nitrogens with zero attached hydrogens (tertiary/aromatic N) is 4. The Morgan fingerprint density at radius 1 is 1.16 bits per heavy atom. The maximum Gasteiger partial charge on any atom is 0.273 e. The number of rotatable bonds is 8. The minimum atomic E-state index is -0.329. The Hall–Kier alpha value is -2.90. The summed E-state index contributed by atoms with van der Waals surface area (Å²) in [7, 11) is 0. The SMILES string of the molecule is CCCNC(=O)c1nn(CC)cc1NC(=O)/C=C/c1cnn(CC)c1. The first-order chi connectivity index (χ1) is 12.1. The molecule has 0 spiro atoms. The molecule has 0 aromatic carbocycles. The lowest BCUT2D eigenvalue weighted by Gasteiger charge is -2.03. The van der Waals surface area contributed by atoms with E-state index >= 15 is 0 Å². The van der Waals surface area contributed by atoms with Crippen molar-refractivity contribution in [3.63, 3.8) is 0 Å². The summed E-state index contributed by atoms with van der Waals surface area (Å²) in [5, 5.41) is 13.9. The van der Waals surface area contributed by atoms with E-state index in [0.717, 1.165) is 18.5 Å². The van der Waals surface area contributed by atoms with E-state index in [-0.39, 0.29) is 17.5 Å². The van der Waals surface area contributed by atoms with E-state index in [9.17, 15) is 9.59 Å². The van der Waals surface area contributed by atoms with Gasteiger partial charge in [0.15, 0.2) is 5.69 Å². The van der Waals surface area contributed by atoms with Gasteiger partial charge in [0.05, 0.1) is 11.9 Å². The highest BCUT2D eigenvalue weighted by Gasteiger charge is 2.17. The standard InChI is InChI=1S/C17H24N6O2/c1-4-9-18-17(25)16-14(12-23(6-3)21-16)20-15(24)8-7-13-10-19-22(5-2)11-13/h7-8,10-12H,4-6,9H2,1-3H3,(H,18,25)(H,20,24)/b8-7+. The molecule has 0 aliphatic carbocycles. The van der Waals surface area contributed by atoms with E-state index < -0.39 is 0 Å². The Bertz CT molecular complexity index is 759. The molecule has 2 amide bonds. The molecule has 2 aromatic heterocycles. The summed E-state index contributed by atoms with van der Waals surface area (Å²) < 4.78 is 3.39. The van der Waals surface area contributed by atoms with Crippen molar-refractivity contribution in [1.82, 2.24) is 24.9 Å². The third-order valence-corrected chi connectivity index (χ3v) is 3.50. The van der Waals surface area contributed by atoms with Crippen LogP contribution in [0, 0.1) is 0 Å². The first kappa shape index (κ1) is 18.4. The molecule has 0 atom stereocenters. The molecule has 0 aliphatic rings. The van der Waals surface area contributed by atoms with Crippen LogP contribution in [0.25, 0.3) is 6.08 Å². The van der Waals surface area contributed by atoms with Gasteiger partial charge in [0.25, 0.3) is 5.91 Å². The van der Waals surface area contributed by atoms with Crippen LogP contribution in [0.15, 0.2) is 24.7 Å². The maximum atomic E-state index is 12.2. The second-order valence-corrected chi connectivity index (χ2v) is 5.45. The second kappa shape index (κ2) is 8.81. The fourth-order valence-electron chi connectivity index (χ4n) is 2.15. The van der Waals surface area contributed by atoms with Crippen molar-refractivity contribution in [2.75, 3.05) is 11.9 Å². The molecule has 0 saturated carbocycles. The van der Waals surface area contributed by atoms with Crippen molar-refractivity contribution in [2.45, 2.75) is 40.3 Å². The van der Waals surface area contributed by atoms with Crippen molar-refractivity contribution >= 4 is 23.6 Å². The highest BCUT2D eigenvalue weighted by molar-refractivity contribution is 6.06. The summed E-state index contributed by atoms with van der Waals surface area (Å²) in [6.07, 6.45) is 9.11. The Morgan fingerprint density at radius 2 is 1.92 bits per heavy atom. The van der Waals surface area contributed by atoms with Crippen LogP contribution in [-0.4, -0.2) is 37.9 Å². The number of nitrogens with one attached hydrogen (secondary N) is 2. The first-order valence-electron chi connectivity index (χ1n) is 8.44. The number of carbonyl (C=O) groups excluding carboxylic acids is 2. The molecule has 0 aliphatic heterocycles. The van der Waals surface area contributed by atoms with Gasteiger partial charge in [-0.15, -0.1) is 0 Å². The Labute approximate surface area is 146 Å². The van der Waals surface area contributed by atoms with Gasteiger partial charge in [-0.05, 0) is 26.3 Å². The van der Waals surface area contributed by atoms with Gasteiger partial charge < -0.3 is 10.6 Å². The summed E-state index contributed by atoms with van der Waals surface area (Å²) >= 11 is 0. The van der Waals surface area contributed by atoms with Crippen LogP contribution in [0.1, 0.15) is 43.2 Å². The molecule has 8 nitrogen and oxygen atoms in total. The van der Waals surface area contributed by atoms with E-state index in [4.69, 9.17) is 0 Å². The molecule has 2 heterocycles. The van der Waals surface area contributed by atoms with Gasteiger partial charge in [-0.2, -0.15) is 10.2 Å². The van der Waals surface area contributed by atoms with Crippen molar-refractivity contribution in [1.29, 1.82) is 0 Å². The molecule has 134 valence electrons. The normalized spacial score (nSPS) is 11.0. The van der Waals surface area contributed by atoms with E-state index in [1.807, 2.05) is 27.0 Å². The molecule has 8 heteroatoms. The van der Waals surface area contributed by atoms with Gasteiger partial charge in [-0.1, -0.05) is 6.92 Å². The quantitative estimate of drug-likeness (QED) is 0.715. The lowest BCUT2D eigenvalue weighted by molar-refractivity contribution is -0.111. The molecule has 25 heavy (non-hydrogen) atoms. The van der Waals surface area contributed by atoms with Gasteiger partial charge in [0, 0.05) is 43.7 Å². The number of carbonyl (C=O) groups is 2. The van der Waals surface area contributed by atoms with Gasteiger partial charge in [-0.25, -0.2) is 0 Å². The zero-order valence-corrected chi connectivity index (χ0v) is 14.8. The largest absolute Gasteiger partial charge is 0.351 e. The molecular formula is C17H24N6O2. The lowest BCUT2D eigenvalue weighted by atomic mass is 10.3. The maximum absolute atomic E-state index is 12.2. The smallest absolute Gasteiger partial charge is 0.273 e. The third kappa shape index (κ3) is 5.03. The lowest BCUT2D eigenvalue weighted by Crippen LogP contribution is -2.26. The van der Waals surface area contributed by atoms with Crippen LogP contribution in [0.4, 0.5) is 5.69 Å². The van der Waals surface area contributed by atoms with Crippen LogP contribution in [-0.2, 0) is 17.9 Å². The van der Waals surface area contributed by atoms with Gasteiger partial charge in [0.1, 0.15) is 0 Å². The highest BCUT2D eigenvalue weighted by Crippen LogP contribution is 2.14. The number of aryl methyl sites for hydroxylation is 2. The second-order valence-electron chi connectivity index (χ2n) is 5.45. The minimum absolute atomic E-state index is 0.218. The van der Waals surface area contributed by atoms with Crippen molar-refractivity contribution < 1.29 is 9.59 Å². The van der Waals surface area contributed by atoms with Crippen molar-refractivity contribution in [3.8, 4) is 0 Å². The summed E-state index contributed by atoms with van der Waals surface area (Å²) in [5.41, 5.74) is 1.45. The zero-order chi connectivity index (χ0) is 18.2. The van der Waals surface area contributed by atoms with E-state index in [1.54, 1.807) is 27.8 Å². The molecule has 0 radical (unpaired) electrons. The molecule has 2 aromatic rings. The number of hydrogen-bond acceptors (Lipinski definition) is 4. The summed E-state index contributed by atoms with van der Waals surface area (Å²) in [5.74, 6) is -0.623. The average Bonchev–Trinajstić information content (AvgIpc) is 3.24. The Morgan fingerprint density at radius 3 is 2.56 bits per heavy atom. The highest BCUT2D eigenvalue weighted by atomic mass is 16.2. The Balaban J connectivity index is 2.08. The average molecular weight is 344 g/mol. The first-order valence-corrected chi connectivity index (χ1v) is 8.44. The van der Waals surface area contributed by atoms with Crippen LogP contribution in [0.3, 0.4) is 0 Å². The molecule has 0 fully saturated rings. The van der Waals surface area contributed by atoms with Crippen LogP contribution >= 0.6 is 0 Å². The summed E-state index contributed by atoms with van der Waals surface area (Å²) in [6.45, 7) is 7.81. The number of hydrogen-bond donors (Lipinski definition) is 2. The van der Waals surface area contributed by atoms with Crippen molar-refractivity contribution in [2.24, 2.45) is 0 Å². The number of anilines is 1. The minimum Gasteiger partial charge on any atom is -0.351 e. The molecule has 0 bridgehead atoms. The predicted octanol–water partition coefficient (Wildman–Crippen LogP) is 1.91. The van der Waals surface area contributed by atoms with E-state index in [0.29, 0.717) is 18.8 Å². The molecular weight excluding hydrogens is 320 g/mol. The van der Waals surface area contributed by atoms with Crippen LogP contribution in [0.5, 0.6) is 0 Å². The molecule has 2 N–H and O–H groups in total. The fraction of sp³-hybridized carbons (Fsp3) is 0.412. The summed E-state index contributed by atoms with van der Waals surface area (Å²) in [4.78, 5) is 24.3. The van der Waals surface area contributed by atoms with Crippen molar-refractivity contribution in [3.05, 3.63) is 35.9 Å². The topological polar surface area (TPSA) is 93.8 Å².